The van der Waals surface area contributed by atoms with E-state index in [0.717, 1.165) is 28.9 Å². The van der Waals surface area contributed by atoms with Gasteiger partial charge < -0.3 is 4.98 Å². The minimum atomic E-state index is 0.724. The fourth-order valence-electron chi connectivity index (χ4n) is 1.82. The van der Waals surface area contributed by atoms with Gasteiger partial charge in [0, 0.05) is 5.69 Å². The molecule has 0 unspecified atom stereocenters. The molecule has 0 atom stereocenters. The van der Waals surface area contributed by atoms with Crippen LogP contribution in [-0.2, 0) is 6.42 Å². The summed E-state index contributed by atoms with van der Waals surface area (Å²) in [5.74, 6) is 0. The molecule has 0 spiro atoms. The third-order valence-corrected chi connectivity index (χ3v) is 2.68. The second-order valence-corrected chi connectivity index (χ2v) is 3.92. The molecule has 2 nitrogen and oxygen atoms in total. The maximum atomic E-state index is 9.09. The third kappa shape index (κ3) is 1.85. The molecule has 16 heavy (non-hydrogen) atoms. The van der Waals surface area contributed by atoms with Gasteiger partial charge in [0.05, 0.1) is 11.3 Å². The molecule has 0 amide bonds. The monoisotopic (exact) mass is 210 g/mol. The van der Waals surface area contributed by atoms with Gasteiger partial charge in [-0.1, -0.05) is 30.7 Å². The van der Waals surface area contributed by atoms with Crippen molar-refractivity contribution >= 4 is 0 Å². The van der Waals surface area contributed by atoms with Crippen molar-refractivity contribution < 1.29 is 0 Å². The molecule has 0 fully saturated rings. The van der Waals surface area contributed by atoms with Gasteiger partial charge in [-0.05, 0) is 31.0 Å². The minimum absolute atomic E-state index is 0.724. The molecule has 0 radical (unpaired) electrons. The molecule has 0 saturated carbocycles. The predicted molar refractivity (Wildman–Crippen MR) is 65.1 cm³/mol. The zero-order valence-corrected chi connectivity index (χ0v) is 9.54. The third-order valence-electron chi connectivity index (χ3n) is 2.68. The SMILES string of the molecule is CCc1cc(C#N)c(-c2cccc(C)c2)[nH]1. The van der Waals surface area contributed by atoms with E-state index in [4.69, 9.17) is 5.26 Å². The quantitative estimate of drug-likeness (QED) is 0.810. The lowest BCUT2D eigenvalue weighted by molar-refractivity contribution is 1.07. The molecule has 2 rings (SSSR count). The molecule has 0 aliphatic rings. The first-order chi connectivity index (χ1) is 7.74. The Bertz CT molecular complexity index is 544. The Balaban J connectivity index is 2.55. The van der Waals surface area contributed by atoms with Crippen LogP contribution >= 0.6 is 0 Å². The van der Waals surface area contributed by atoms with Crippen molar-refractivity contribution in [3.8, 4) is 17.3 Å². The van der Waals surface area contributed by atoms with Crippen LogP contribution in [0.1, 0.15) is 23.7 Å². The number of rotatable bonds is 2. The summed E-state index contributed by atoms with van der Waals surface area (Å²) in [5.41, 5.74) is 5.05. The maximum Gasteiger partial charge on any atom is 0.101 e. The molecule has 0 aliphatic carbocycles. The van der Waals surface area contributed by atoms with Gasteiger partial charge in [-0.15, -0.1) is 0 Å². The van der Waals surface area contributed by atoms with E-state index < -0.39 is 0 Å². The zero-order valence-electron chi connectivity index (χ0n) is 9.54. The Hall–Kier alpha value is -2.01. The first-order valence-corrected chi connectivity index (χ1v) is 5.43. The minimum Gasteiger partial charge on any atom is -0.357 e. The summed E-state index contributed by atoms with van der Waals surface area (Å²) >= 11 is 0. The fourth-order valence-corrected chi connectivity index (χ4v) is 1.82. The van der Waals surface area contributed by atoms with Gasteiger partial charge >= 0.3 is 0 Å². The molecule has 1 N–H and O–H groups in total. The van der Waals surface area contributed by atoms with E-state index in [1.54, 1.807) is 0 Å². The van der Waals surface area contributed by atoms with Gasteiger partial charge in [0.25, 0.3) is 0 Å². The van der Waals surface area contributed by atoms with Crippen LogP contribution < -0.4 is 0 Å². The van der Waals surface area contributed by atoms with Crippen molar-refractivity contribution in [2.75, 3.05) is 0 Å². The van der Waals surface area contributed by atoms with E-state index in [0.29, 0.717) is 0 Å². The van der Waals surface area contributed by atoms with Crippen LogP contribution in [0, 0.1) is 18.3 Å². The maximum absolute atomic E-state index is 9.09. The summed E-state index contributed by atoms with van der Waals surface area (Å²) in [7, 11) is 0. The highest BCUT2D eigenvalue weighted by molar-refractivity contribution is 5.68. The highest BCUT2D eigenvalue weighted by atomic mass is 14.7. The van der Waals surface area contributed by atoms with E-state index in [1.807, 2.05) is 18.2 Å². The molecule has 80 valence electrons. The molecule has 0 saturated heterocycles. The number of aromatic amines is 1. The Morgan fingerprint density at radius 1 is 1.31 bits per heavy atom. The van der Waals surface area contributed by atoms with Gasteiger partial charge in [0.2, 0.25) is 0 Å². The summed E-state index contributed by atoms with van der Waals surface area (Å²) in [6.45, 7) is 4.13. The van der Waals surface area contributed by atoms with Gasteiger partial charge in [0.15, 0.2) is 0 Å². The largest absolute Gasteiger partial charge is 0.357 e. The van der Waals surface area contributed by atoms with Crippen molar-refractivity contribution in [1.82, 2.24) is 4.98 Å². The second kappa shape index (κ2) is 4.24. The van der Waals surface area contributed by atoms with E-state index in [1.165, 1.54) is 5.56 Å². The lowest BCUT2D eigenvalue weighted by Crippen LogP contribution is -1.83. The van der Waals surface area contributed by atoms with Crippen LogP contribution in [0.15, 0.2) is 30.3 Å². The standard InChI is InChI=1S/C14H14N2/c1-3-13-8-12(9-15)14(16-13)11-6-4-5-10(2)7-11/h4-8,16H,3H2,1-2H3. The normalized spacial score (nSPS) is 10.1. The fraction of sp³-hybridized carbons (Fsp3) is 0.214. The summed E-state index contributed by atoms with van der Waals surface area (Å²) < 4.78 is 0. The summed E-state index contributed by atoms with van der Waals surface area (Å²) in [5, 5.41) is 9.09. The first kappa shape index (κ1) is 10.5. The number of aryl methyl sites for hydroxylation is 2. The van der Waals surface area contributed by atoms with Gasteiger partial charge in [-0.25, -0.2) is 0 Å². The van der Waals surface area contributed by atoms with Crippen LogP contribution in [0.5, 0.6) is 0 Å². The molecule has 1 aromatic carbocycles. The van der Waals surface area contributed by atoms with Crippen molar-refractivity contribution in [2.45, 2.75) is 20.3 Å². The summed E-state index contributed by atoms with van der Waals surface area (Å²) in [6.07, 6.45) is 0.917. The lowest BCUT2D eigenvalue weighted by atomic mass is 10.1. The van der Waals surface area contributed by atoms with E-state index in [2.05, 4.69) is 37.0 Å². The Morgan fingerprint density at radius 2 is 2.12 bits per heavy atom. The van der Waals surface area contributed by atoms with E-state index >= 15 is 0 Å². The predicted octanol–water partition coefficient (Wildman–Crippen LogP) is 3.42. The van der Waals surface area contributed by atoms with Gasteiger partial charge in [0.1, 0.15) is 6.07 Å². The molecule has 0 bridgehead atoms. The molecular formula is C14H14N2. The molecule has 2 heteroatoms. The van der Waals surface area contributed by atoms with Gasteiger partial charge in [-0.3, -0.25) is 0 Å². The number of nitriles is 1. The highest BCUT2D eigenvalue weighted by Crippen LogP contribution is 2.24. The Morgan fingerprint density at radius 3 is 2.75 bits per heavy atom. The topological polar surface area (TPSA) is 39.6 Å². The highest BCUT2D eigenvalue weighted by Gasteiger charge is 2.08. The average Bonchev–Trinajstić information content (AvgIpc) is 2.72. The number of benzene rings is 1. The number of H-pyrrole nitrogens is 1. The first-order valence-electron chi connectivity index (χ1n) is 5.43. The molecule has 2 aromatic rings. The Kier molecular flexibility index (Phi) is 2.78. The Labute approximate surface area is 95.6 Å². The molecule has 0 aliphatic heterocycles. The number of nitrogens with zero attached hydrogens (tertiary/aromatic N) is 1. The van der Waals surface area contributed by atoms with Crippen LogP contribution in [-0.4, -0.2) is 4.98 Å². The van der Waals surface area contributed by atoms with E-state index in [-0.39, 0.29) is 0 Å². The smallest absolute Gasteiger partial charge is 0.101 e. The number of hydrogen-bond donors (Lipinski definition) is 1. The number of hydrogen-bond acceptors (Lipinski definition) is 1. The number of nitrogens with one attached hydrogen (secondary N) is 1. The molecule has 1 aromatic heterocycles. The average molecular weight is 210 g/mol. The lowest BCUT2D eigenvalue weighted by Gasteiger charge is -2.00. The summed E-state index contributed by atoms with van der Waals surface area (Å²) in [6, 6.07) is 12.3. The molecule has 1 heterocycles. The van der Waals surface area contributed by atoms with Crippen molar-refractivity contribution in [1.29, 1.82) is 5.26 Å². The van der Waals surface area contributed by atoms with Crippen molar-refractivity contribution in [3.05, 3.63) is 47.2 Å². The zero-order chi connectivity index (χ0) is 11.5. The molecular weight excluding hydrogens is 196 g/mol. The van der Waals surface area contributed by atoms with E-state index in [9.17, 15) is 0 Å². The van der Waals surface area contributed by atoms with Crippen LogP contribution in [0.3, 0.4) is 0 Å². The van der Waals surface area contributed by atoms with Crippen LogP contribution in [0.25, 0.3) is 11.3 Å². The number of aromatic nitrogens is 1. The van der Waals surface area contributed by atoms with Crippen molar-refractivity contribution in [2.24, 2.45) is 0 Å². The second-order valence-electron chi connectivity index (χ2n) is 3.92. The van der Waals surface area contributed by atoms with Gasteiger partial charge in [-0.2, -0.15) is 5.26 Å². The summed E-state index contributed by atoms with van der Waals surface area (Å²) in [4.78, 5) is 3.30. The van der Waals surface area contributed by atoms with Crippen molar-refractivity contribution in [3.63, 3.8) is 0 Å². The van der Waals surface area contributed by atoms with Crippen LogP contribution in [0.2, 0.25) is 0 Å². The van der Waals surface area contributed by atoms with Crippen LogP contribution in [0.4, 0.5) is 0 Å².